The van der Waals surface area contributed by atoms with Crippen molar-refractivity contribution in [3.8, 4) is 0 Å². The molecule has 4 unspecified atom stereocenters. The maximum atomic E-state index is 13.0. The van der Waals surface area contributed by atoms with Crippen LogP contribution in [0.1, 0.15) is 31.2 Å². The van der Waals surface area contributed by atoms with E-state index in [9.17, 15) is 28.8 Å². The van der Waals surface area contributed by atoms with Gasteiger partial charge in [0.2, 0.25) is 23.6 Å². The average Bonchev–Trinajstić information content (AvgIpc) is 3.29. The molecule has 1 aromatic carbocycles. The molecule has 0 aliphatic heterocycles. The van der Waals surface area contributed by atoms with Crippen molar-refractivity contribution >= 4 is 46.5 Å². The summed E-state index contributed by atoms with van der Waals surface area (Å²) in [6.45, 7) is -0.941. The predicted octanol–water partition coefficient (Wildman–Crippen LogP) is -2.30. The number of hydrogen-bond acceptors (Lipinski definition) is 8. The van der Waals surface area contributed by atoms with Gasteiger partial charge >= 0.3 is 11.9 Å². The number of aliphatic hydroxyl groups excluding tert-OH is 1. The third kappa shape index (κ3) is 9.39. The molecule has 4 amide bonds. The fraction of sp³-hybridized carbons (Fsp3) is 0.417. The molecule has 0 aliphatic rings. The highest BCUT2D eigenvalue weighted by Gasteiger charge is 2.30. The zero-order chi connectivity index (χ0) is 29.1. The van der Waals surface area contributed by atoms with Crippen molar-refractivity contribution in [2.24, 2.45) is 11.5 Å². The van der Waals surface area contributed by atoms with Crippen LogP contribution in [-0.2, 0) is 35.2 Å². The second-order valence-corrected chi connectivity index (χ2v) is 8.81. The molecule has 15 nitrogen and oxygen atoms in total. The van der Waals surface area contributed by atoms with Crippen LogP contribution >= 0.6 is 0 Å². The van der Waals surface area contributed by atoms with Crippen molar-refractivity contribution in [2.75, 3.05) is 6.61 Å². The molecule has 0 bridgehead atoms. The minimum atomic E-state index is -1.68. The molecular weight excluding hydrogens is 516 g/mol. The first-order valence-corrected chi connectivity index (χ1v) is 12.0. The molecular formula is C24H32N6O9. The first-order chi connectivity index (χ1) is 18.4. The van der Waals surface area contributed by atoms with Crippen LogP contribution in [0.3, 0.4) is 0 Å². The van der Waals surface area contributed by atoms with E-state index in [-0.39, 0.29) is 25.7 Å². The Morgan fingerprint density at radius 2 is 1.41 bits per heavy atom. The third-order valence-electron chi connectivity index (χ3n) is 5.84. The fourth-order valence-electron chi connectivity index (χ4n) is 3.73. The third-order valence-corrected chi connectivity index (χ3v) is 5.84. The number of aliphatic carboxylic acids is 2. The van der Waals surface area contributed by atoms with Crippen LogP contribution in [0.4, 0.5) is 0 Å². The van der Waals surface area contributed by atoms with Gasteiger partial charge in [0.15, 0.2) is 0 Å². The van der Waals surface area contributed by atoms with Gasteiger partial charge in [-0.3, -0.25) is 24.0 Å². The van der Waals surface area contributed by atoms with Gasteiger partial charge in [0.1, 0.15) is 18.1 Å². The SMILES string of the molecule is NC(=O)CCC(NC(=O)C(CCC(=O)O)NC(=O)C(N)Cc1c[nH]c2ccccc12)C(=O)NC(CO)C(=O)O. The van der Waals surface area contributed by atoms with Crippen molar-refractivity contribution in [3.63, 3.8) is 0 Å². The lowest BCUT2D eigenvalue weighted by Gasteiger charge is -2.24. The van der Waals surface area contributed by atoms with E-state index in [4.69, 9.17) is 26.8 Å². The van der Waals surface area contributed by atoms with Crippen LogP contribution in [0, 0.1) is 0 Å². The lowest BCUT2D eigenvalue weighted by atomic mass is 10.0. The highest BCUT2D eigenvalue weighted by atomic mass is 16.4. The van der Waals surface area contributed by atoms with E-state index < -0.39 is 72.8 Å². The standard InChI is InChI=1S/C24H32N6O9/c25-14(9-12-10-27-15-4-2-1-3-13(12)15)21(35)28-17(6-8-20(33)34)22(36)29-16(5-7-19(26)32)23(37)30-18(11-31)24(38)39/h1-4,10,14,16-18,27,31H,5-9,11,25H2,(H2,26,32)(H,28,35)(H,29,36)(H,30,37)(H,33,34)(H,38,39). The fourth-order valence-corrected chi connectivity index (χ4v) is 3.73. The largest absolute Gasteiger partial charge is 0.481 e. The van der Waals surface area contributed by atoms with Crippen LogP contribution in [0.25, 0.3) is 10.9 Å². The number of hydrogen-bond donors (Lipinski definition) is 9. The molecule has 11 N–H and O–H groups in total. The van der Waals surface area contributed by atoms with Gasteiger partial charge in [-0.2, -0.15) is 0 Å². The molecule has 1 heterocycles. The molecule has 0 radical (unpaired) electrons. The zero-order valence-electron chi connectivity index (χ0n) is 20.9. The molecule has 2 aromatic rings. The number of carbonyl (C=O) groups excluding carboxylic acids is 4. The normalized spacial score (nSPS) is 14.0. The number of nitrogens with one attached hydrogen (secondary N) is 4. The Labute approximate surface area is 222 Å². The van der Waals surface area contributed by atoms with E-state index in [2.05, 4.69) is 15.6 Å². The number of para-hydroxylation sites is 1. The van der Waals surface area contributed by atoms with E-state index in [0.29, 0.717) is 0 Å². The topological polar surface area (TPSA) is 267 Å². The van der Waals surface area contributed by atoms with Gasteiger partial charge in [-0.15, -0.1) is 0 Å². The Balaban J connectivity index is 2.15. The summed E-state index contributed by atoms with van der Waals surface area (Å²) >= 11 is 0. The average molecular weight is 549 g/mol. The minimum absolute atomic E-state index is 0.102. The number of nitrogens with two attached hydrogens (primary N) is 2. The quantitative estimate of drug-likeness (QED) is 0.108. The molecule has 1 aromatic heterocycles. The molecule has 0 aliphatic carbocycles. The molecule has 2 rings (SSSR count). The lowest BCUT2D eigenvalue weighted by Crippen LogP contribution is -2.57. The number of rotatable bonds is 16. The summed E-state index contributed by atoms with van der Waals surface area (Å²) in [7, 11) is 0. The summed E-state index contributed by atoms with van der Waals surface area (Å²) in [5.41, 5.74) is 12.8. The highest BCUT2D eigenvalue weighted by Crippen LogP contribution is 2.19. The highest BCUT2D eigenvalue weighted by molar-refractivity contribution is 5.95. The monoisotopic (exact) mass is 548 g/mol. The minimum Gasteiger partial charge on any atom is -0.481 e. The molecule has 39 heavy (non-hydrogen) atoms. The van der Waals surface area contributed by atoms with Crippen molar-refractivity contribution in [2.45, 2.75) is 56.3 Å². The van der Waals surface area contributed by atoms with Gasteiger partial charge < -0.3 is 47.7 Å². The first-order valence-electron chi connectivity index (χ1n) is 12.0. The van der Waals surface area contributed by atoms with E-state index in [1.54, 1.807) is 6.20 Å². The van der Waals surface area contributed by atoms with E-state index >= 15 is 0 Å². The number of carboxylic acid groups (broad SMARTS) is 2. The number of carbonyl (C=O) groups is 6. The van der Waals surface area contributed by atoms with E-state index in [1.807, 2.05) is 29.6 Å². The Morgan fingerprint density at radius 1 is 0.846 bits per heavy atom. The van der Waals surface area contributed by atoms with Crippen LogP contribution in [0.5, 0.6) is 0 Å². The molecule has 0 saturated heterocycles. The maximum Gasteiger partial charge on any atom is 0.328 e. The number of carboxylic acids is 2. The Morgan fingerprint density at radius 3 is 1.97 bits per heavy atom. The van der Waals surface area contributed by atoms with Crippen LogP contribution < -0.4 is 27.4 Å². The van der Waals surface area contributed by atoms with Crippen LogP contribution in [0.15, 0.2) is 30.5 Å². The van der Waals surface area contributed by atoms with Gasteiger partial charge in [0, 0.05) is 29.9 Å². The van der Waals surface area contributed by atoms with Gasteiger partial charge in [-0.25, -0.2) is 4.79 Å². The summed E-state index contributed by atoms with van der Waals surface area (Å²) in [6, 6.07) is 1.64. The summed E-state index contributed by atoms with van der Waals surface area (Å²) in [5, 5.41) is 34.9. The molecule has 4 atom stereocenters. The van der Waals surface area contributed by atoms with E-state index in [1.165, 1.54) is 0 Å². The number of aliphatic hydroxyl groups is 1. The maximum absolute atomic E-state index is 13.0. The van der Waals surface area contributed by atoms with Gasteiger partial charge in [-0.05, 0) is 30.9 Å². The second kappa shape index (κ2) is 14.4. The number of benzene rings is 1. The van der Waals surface area contributed by atoms with Crippen molar-refractivity contribution in [3.05, 3.63) is 36.0 Å². The number of H-pyrrole nitrogens is 1. The van der Waals surface area contributed by atoms with E-state index in [0.717, 1.165) is 16.5 Å². The second-order valence-electron chi connectivity index (χ2n) is 8.81. The van der Waals surface area contributed by atoms with Crippen LogP contribution in [-0.4, -0.2) is 86.6 Å². The number of aromatic amines is 1. The summed E-state index contributed by atoms with van der Waals surface area (Å²) in [4.78, 5) is 75.1. The predicted molar refractivity (Wildman–Crippen MR) is 136 cm³/mol. The molecule has 212 valence electrons. The van der Waals surface area contributed by atoms with Gasteiger partial charge in [-0.1, -0.05) is 18.2 Å². The number of aromatic nitrogens is 1. The zero-order valence-corrected chi connectivity index (χ0v) is 20.9. The Kier molecular flexibility index (Phi) is 11.4. The molecule has 0 fully saturated rings. The molecule has 0 spiro atoms. The van der Waals surface area contributed by atoms with Gasteiger partial charge in [0.25, 0.3) is 0 Å². The molecule has 15 heteroatoms. The van der Waals surface area contributed by atoms with Gasteiger partial charge in [0.05, 0.1) is 12.6 Å². The first kappa shape index (κ1) is 30.7. The van der Waals surface area contributed by atoms with Crippen molar-refractivity contribution < 1.29 is 44.1 Å². The summed E-state index contributed by atoms with van der Waals surface area (Å²) in [5.74, 6) is -6.36. The van der Waals surface area contributed by atoms with Crippen LogP contribution in [0.2, 0.25) is 0 Å². The number of fused-ring (bicyclic) bond motifs is 1. The summed E-state index contributed by atoms with van der Waals surface area (Å²) < 4.78 is 0. The summed E-state index contributed by atoms with van der Waals surface area (Å²) in [6.07, 6.45) is 0.238. The smallest absolute Gasteiger partial charge is 0.328 e. The number of amides is 4. The Bertz CT molecular complexity index is 1210. The number of primary amides is 1. The Hall–Kier alpha value is -4.50. The van der Waals surface area contributed by atoms with Crippen molar-refractivity contribution in [1.82, 2.24) is 20.9 Å². The lowest BCUT2D eigenvalue weighted by molar-refractivity contribution is -0.143. The van der Waals surface area contributed by atoms with Crippen molar-refractivity contribution in [1.29, 1.82) is 0 Å². The molecule has 0 saturated carbocycles.